The minimum absolute atomic E-state index is 0.0364. The molecule has 3 N–H and O–H groups in total. The van der Waals surface area contributed by atoms with Gasteiger partial charge in [-0.3, -0.25) is 5.43 Å². The molecule has 0 spiro atoms. The normalized spacial score (nSPS) is 11.3. The number of halogens is 3. The number of para-hydroxylation sites is 1. The molecule has 0 saturated carbocycles. The number of carboxylic acid groups (broad SMARTS) is 1. The molecule has 0 fully saturated rings. The Morgan fingerprint density at radius 3 is 2.44 bits per heavy atom. The molecule has 0 aliphatic carbocycles. The largest absolute Gasteiger partial charge is 0.478 e. The molecule has 0 bridgehead atoms. The number of nitrogens with zero attached hydrogens (tertiary/aromatic N) is 1. The van der Waals surface area contributed by atoms with Crippen LogP contribution in [0.5, 0.6) is 0 Å². The van der Waals surface area contributed by atoms with Gasteiger partial charge in [-0.15, -0.1) is 0 Å². The highest BCUT2D eigenvalue weighted by molar-refractivity contribution is 7.80. The van der Waals surface area contributed by atoms with Crippen molar-refractivity contribution >= 4 is 35.2 Å². The molecule has 9 heteroatoms. The number of hydrazone groups is 1. The molecule has 0 aliphatic rings. The average Bonchev–Trinajstić information content (AvgIpc) is 2.54. The maximum atomic E-state index is 12.9. The van der Waals surface area contributed by atoms with Gasteiger partial charge in [-0.05, 0) is 30.4 Å². The molecule has 0 unspecified atom stereocenters. The highest BCUT2D eigenvalue weighted by Crippen LogP contribution is 2.34. The van der Waals surface area contributed by atoms with Crippen LogP contribution < -0.4 is 10.7 Å². The summed E-state index contributed by atoms with van der Waals surface area (Å²) in [5.74, 6) is -1.12. The number of benzene rings is 2. The summed E-state index contributed by atoms with van der Waals surface area (Å²) in [4.78, 5) is 11.1. The lowest BCUT2D eigenvalue weighted by atomic mass is 10.1. The van der Waals surface area contributed by atoms with Crippen molar-refractivity contribution in [2.75, 3.05) is 5.32 Å². The Morgan fingerprint density at radius 2 is 1.76 bits per heavy atom. The number of hydrogen-bond acceptors (Lipinski definition) is 3. The number of thiocarbonyl (C=S) groups is 1. The number of carbonyl (C=O) groups is 1. The van der Waals surface area contributed by atoms with Gasteiger partial charge >= 0.3 is 12.1 Å². The van der Waals surface area contributed by atoms with Crippen LogP contribution in [0.3, 0.4) is 0 Å². The fraction of sp³-hybridized carbons (Fsp3) is 0.0625. The van der Waals surface area contributed by atoms with Crippen LogP contribution in [0.25, 0.3) is 0 Å². The van der Waals surface area contributed by atoms with Gasteiger partial charge in [0.2, 0.25) is 0 Å². The van der Waals surface area contributed by atoms with Crippen LogP contribution in [0.1, 0.15) is 21.5 Å². The summed E-state index contributed by atoms with van der Waals surface area (Å²) in [5.41, 5.74) is 1.63. The molecule has 0 aromatic heterocycles. The van der Waals surface area contributed by atoms with E-state index in [2.05, 4.69) is 15.8 Å². The smallest absolute Gasteiger partial charge is 0.418 e. The fourth-order valence-electron chi connectivity index (χ4n) is 1.95. The molecule has 25 heavy (non-hydrogen) atoms. The Balaban J connectivity index is 2.07. The van der Waals surface area contributed by atoms with Crippen LogP contribution in [0.2, 0.25) is 0 Å². The number of alkyl halides is 3. The summed E-state index contributed by atoms with van der Waals surface area (Å²) in [7, 11) is 0. The van der Waals surface area contributed by atoms with Gasteiger partial charge in [0.05, 0.1) is 23.0 Å². The molecule has 2 aromatic rings. The van der Waals surface area contributed by atoms with E-state index in [1.54, 1.807) is 12.1 Å². The van der Waals surface area contributed by atoms with Crippen molar-refractivity contribution in [2.45, 2.75) is 6.18 Å². The Hall–Kier alpha value is -2.94. The number of hydrogen-bond donors (Lipinski definition) is 3. The van der Waals surface area contributed by atoms with Crippen molar-refractivity contribution in [2.24, 2.45) is 5.10 Å². The molecule has 0 amide bonds. The number of anilines is 1. The predicted molar refractivity (Wildman–Crippen MR) is 91.8 cm³/mol. The van der Waals surface area contributed by atoms with Crippen LogP contribution in [0.4, 0.5) is 18.9 Å². The summed E-state index contributed by atoms with van der Waals surface area (Å²) < 4.78 is 38.7. The van der Waals surface area contributed by atoms with E-state index in [4.69, 9.17) is 17.3 Å². The lowest BCUT2D eigenvalue weighted by Crippen LogP contribution is -2.25. The van der Waals surface area contributed by atoms with Crippen molar-refractivity contribution in [1.29, 1.82) is 0 Å². The molecule has 0 aliphatic heterocycles. The van der Waals surface area contributed by atoms with Crippen LogP contribution in [-0.4, -0.2) is 22.4 Å². The topological polar surface area (TPSA) is 73.7 Å². The highest BCUT2D eigenvalue weighted by atomic mass is 32.1. The molecule has 0 heterocycles. The monoisotopic (exact) mass is 367 g/mol. The third-order valence-corrected chi connectivity index (χ3v) is 3.23. The number of rotatable bonds is 4. The molecule has 0 atom stereocenters. The van der Waals surface area contributed by atoms with Crippen molar-refractivity contribution in [3.8, 4) is 0 Å². The molecule has 0 radical (unpaired) electrons. The standard InChI is InChI=1S/C16H12F3N3O2S/c17-16(18,19)12-7-3-4-8-13(12)21-15(25)22-20-9-10-5-1-2-6-11(10)14(23)24/h1-9H,(H,23,24)(H2,21,22,25)/b20-9-. The van der Waals surface area contributed by atoms with Crippen molar-refractivity contribution in [3.63, 3.8) is 0 Å². The van der Waals surface area contributed by atoms with Crippen LogP contribution in [0, 0.1) is 0 Å². The van der Waals surface area contributed by atoms with E-state index in [9.17, 15) is 18.0 Å². The summed E-state index contributed by atoms with van der Waals surface area (Å²) >= 11 is 4.90. The number of carboxylic acids is 1. The van der Waals surface area contributed by atoms with E-state index < -0.39 is 17.7 Å². The second kappa shape index (κ2) is 7.75. The van der Waals surface area contributed by atoms with Crippen molar-refractivity contribution < 1.29 is 23.1 Å². The maximum absolute atomic E-state index is 12.9. The minimum Gasteiger partial charge on any atom is -0.478 e. The summed E-state index contributed by atoms with van der Waals surface area (Å²) in [6, 6.07) is 11.0. The van der Waals surface area contributed by atoms with E-state index in [0.717, 1.165) is 6.07 Å². The third kappa shape index (κ3) is 5.01. The SMILES string of the molecule is O=C(O)c1ccccc1/C=N\NC(=S)Nc1ccccc1C(F)(F)F. The molecule has 2 rings (SSSR count). The van der Waals surface area contributed by atoms with Gasteiger partial charge in [0, 0.05) is 5.56 Å². The first kappa shape index (κ1) is 18.4. The number of nitrogens with one attached hydrogen (secondary N) is 2. The van der Waals surface area contributed by atoms with Gasteiger partial charge in [0.15, 0.2) is 5.11 Å². The van der Waals surface area contributed by atoms with E-state index in [0.29, 0.717) is 5.56 Å². The van der Waals surface area contributed by atoms with Gasteiger partial charge in [0.1, 0.15) is 0 Å². The van der Waals surface area contributed by atoms with Gasteiger partial charge in [-0.25, -0.2) is 4.79 Å². The predicted octanol–water partition coefficient (Wildman–Crippen LogP) is 3.72. The minimum atomic E-state index is -4.52. The zero-order valence-electron chi connectivity index (χ0n) is 12.5. The van der Waals surface area contributed by atoms with E-state index in [1.807, 2.05) is 0 Å². The van der Waals surface area contributed by atoms with Crippen molar-refractivity contribution in [3.05, 3.63) is 65.2 Å². The van der Waals surface area contributed by atoms with Crippen LogP contribution >= 0.6 is 12.2 Å². The molecule has 2 aromatic carbocycles. The average molecular weight is 367 g/mol. The van der Waals surface area contributed by atoms with Gasteiger partial charge in [-0.1, -0.05) is 30.3 Å². The third-order valence-electron chi connectivity index (χ3n) is 3.04. The van der Waals surface area contributed by atoms with Gasteiger partial charge < -0.3 is 10.4 Å². The quantitative estimate of drug-likeness (QED) is 0.436. The second-order valence-corrected chi connectivity index (χ2v) is 5.17. The van der Waals surface area contributed by atoms with E-state index in [-0.39, 0.29) is 16.4 Å². The highest BCUT2D eigenvalue weighted by Gasteiger charge is 2.33. The van der Waals surface area contributed by atoms with E-state index >= 15 is 0 Å². The summed E-state index contributed by atoms with van der Waals surface area (Å²) in [6.07, 6.45) is -3.31. The number of aromatic carboxylic acids is 1. The van der Waals surface area contributed by atoms with Crippen LogP contribution in [0.15, 0.2) is 53.6 Å². The second-order valence-electron chi connectivity index (χ2n) is 4.76. The van der Waals surface area contributed by atoms with Gasteiger partial charge in [0.25, 0.3) is 0 Å². The molecular formula is C16H12F3N3O2S. The lowest BCUT2D eigenvalue weighted by molar-refractivity contribution is -0.136. The first-order valence-electron chi connectivity index (χ1n) is 6.87. The Bertz CT molecular complexity index is 822. The lowest BCUT2D eigenvalue weighted by Gasteiger charge is -2.14. The fourth-order valence-corrected chi connectivity index (χ4v) is 2.12. The summed E-state index contributed by atoms with van der Waals surface area (Å²) in [6.45, 7) is 0. The Morgan fingerprint density at radius 1 is 1.12 bits per heavy atom. The van der Waals surface area contributed by atoms with Crippen molar-refractivity contribution in [1.82, 2.24) is 5.43 Å². The van der Waals surface area contributed by atoms with Crippen LogP contribution in [-0.2, 0) is 6.18 Å². The first-order chi connectivity index (χ1) is 11.8. The Kier molecular flexibility index (Phi) is 5.71. The maximum Gasteiger partial charge on any atom is 0.418 e. The molecule has 0 saturated heterocycles. The summed E-state index contributed by atoms with van der Waals surface area (Å²) in [5, 5.41) is 15.0. The zero-order chi connectivity index (χ0) is 18.4. The molecule has 5 nitrogen and oxygen atoms in total. The zero-order valence-corrected chi connectivity index (χ0v) is 13.4. The molecular weight excluding hydrogens is 355 g/mol. The Labute approximate surface area is 146 Å². The molecule has 130 valence electrons. The van der Waals surface area contributed by atoms with Gasteiger partial charge in [-0.2, -0.15) is 18.3 Å². The van der Waals surface area contributed by atoms with E-state index in [1.165, 1.54) is 36.5 Å². The first-order valence-corrected chi connectivity index (χ1v) is 7.28.